The van der Waals surface area contributed by atoms with Crippen molar-refractivity contribution in [1.82, 2.24) is 0 Å². The molecule has 0 saturated carbocycles. The maximum absolute atomic E-state index is 10.7. The highest BCUT2D eigenvalue weighted by atomic mass is 16.5. The summed E-state index contributed by atoms with van der Waals surface area (Å²) in [6.45, 7) is 14.1. The van der Waals surface area contributed by atoms with Gasteiger partial charge in [0.05, 0.1) is 13.2 Å². The molecule has 0 N–H and O–H groups in total. The highest BCUT2D eigenvalue weighted by Gasteiger charge is 2.19. The number of allylic oxidation sites excluding steroid dienone is 2. The van der Waals surface area contributed by atoms with Crippen LogP contribution in [0.2, 0.25) is 0 Å². The molecule has 31 heavy (non-hydrogen) atoms. The van der Waals surface area contributed by atoms with E-state index in [1.807, 2.05) is 0 Å². The Kier molecular flexibility index (Phi) is 16.1. The zero-order valence-electron chi connectivity index (χ0n) is 21.0. The van der Waals surface area contributed by atoms with Gasteiger partial charge in [-0.2, -0.15) is 0 Å². The fourth-order valence-electron chi connectivity index (χ4n) is 3.37. The van der Waals surface area contributed by atoms with Gasteiger partial charge in [-0.3, -0.25) is 14.6 Å². The lowest BCUT2D eigenvalue weighted by Gasteiger charge is -2.27. The SMILES string of the molecule is CC(=O)OCCCC/C=C/C(C)(C)CCCC(C)(C)CC/C=N/CCCCOC(C)=O. The van der Waals surface area contributed by atoms with Gasteiger partial charge in [0.2, 0.25) is 0 Å². The standard InChI is InChI=1S/C26H47NO4/c1-23(28)30-21-11-8-7-9-15-25(3,4)16-13-17-26(5,6)18-14-20-27-19-10-12-22-31-24(2)29/h9,15,20H,7-8,10-14,16-19,21-22H2,1-6H3/b15-9+,27-20+. The summed E-state index contributed by atoms with van der Waals surface area (Å²) in [5.74, 6) is -0.405. The van der Waals surface area contributed by atoms with Crippen LogP contribution in [0.4, 0.5) is 0 Å². The molecule has 0 aliphatic rings. The Morgan fingerprint density at radius 3 is 2.00 bits per heavy atom. The zero-order chi connectivity index (χ0) is 23.6. The second-order valence-corrected chi connectivity index (χ2v) is 9.92. The van der Waals surface area contributed by atoms with Crippen molar-refractivity contribution in [3.05, 3.63) is 12.2 Å². The molecule has 0 aromatic rings. The molecule has 5 heteroatoms. The lowest BCUT2D eigenvalue weighted by molar-refractivity contribution is -0.142. The van der Waals surface area contributed by atoms with Crippen LogP contribution in [0.1, 0.15) is 106 Å². The van der Waals surface area contributed by atoms with Crippen LogP contribution >= 0.6 is 0 Å². The predicted molar refractivity (Wildman–Crippen MR) is 129 cm³/mol. The fourth-order valence-corrected chi connectivity index (χ4v) is 3.37. The van der Waals surface area contributed by atoms with Crippen molar-refractivity contribution in [3.63, 3.8) is 0 Å². The average molecular weight is 438 g/mol. The number of ether oxygens (including phenoxy) is 2. The van der Waals surface area contributed by atoms with Gasteiger partial charge in [-0.1, -0.05) is 46.3 Å². The van der Waals surface area contributed by atoms with Gasteiger partial charge in [-0.15, -0.1) is 0 Å². The topological polar surface area (TPSA) is 65.0 Å². The Morgan fingerprint density at radius 2 is 1.39 bits per heavy atom. The van der Waals surface area contributed by atoms with E-state index in [1.165, 1.54) is 33.1 Å². The van der Waals surface area contributed by atoms with E-state index in [2.05, 4.69) is 51.1 Å². The summed E-state index contributed by atoms with van der Waals surface area (Å²) in [6.07, 6.45) is 17.4. The summed E-state index contributed by atoms with van der Waals surface area (Å²) in [5, 5.41) is 0. The minimum atomic E-state index is -0.210. The van der Waals surface area contributed by atoms with Crippen molar-refractivity contribution in [1.29, 1.82) is 0 Å². The van der Waals surface area contributed by atoms with Gasteiger partial charge in [-0.25, -0.2) is 0 Å². The van der Waals surface area contributed by atoms with Crippen LogP contribution in [0.25, 0.3) is 0 Å². The lowest BCUT2D eigenvalue weighted by atomic mass is 9.79. The van der Waals surface area contributed by atoms with Crippen LogP contribution in [-0.2, 0) is 19.1 Å². The first kappa shape index (κ1) is 29.4. The van der Waals surface area contributed by atoms with Crippen LogP contribution in [0.15, 0.2) is 17.1 Å². The molecule has 0 bridgehead atoms. The van der Waals surface area contributed by atoms with Crippen LogP contribution in [-0.4, -0.2) is 37.9 Å². The molecule has 0 fully saturated rings. The summed E-state index contributed by atoms with van der Waals surface area (Å²) >= 11 is 0. The van der Waals surface area contributed by atoms with Gasteiger partial charge in [0, 0.05) is 20.4 Å². The number of unbranched alkanes of at least 4 members (excludes halogenated alkanes) is 3. The van der Waals surface area contributed by atoms with Crippen LogP contribution < -0.4 is 0 Å². The highest BCUT2D eigenvalue weighted by molar-refractivity contribution is 5.66. The van der Waals surface area contributed by atoms with Crippen molar-refractivity contribution in [2.45, 2.75) is 106 Å². The van der Waals surface area contributed by atoms with E-state index >= 15 is 0 Å². The van der Waals surface area contributed by atoms with Gasteiger partial charge < -0.3 is 9.47 Å². The molecule has 0 spiro atoms. The number of rotatable bonds is 18. The van der Waals surface area contributed by atoms with Crippen molar-refractivity contribution >= 4 is 18.2 Å². The third-order valence-electron chi connectivity index (χ3n) is 5.38. The molecule has 0 aromatic heterocycles. The smallest absolute Gasteiger partial charge is 0.302 e. The molecular weight excluding hydrogens is 390 g/mol. The lowest BCUT2D eigenvalue weighted by Crippen LogP contribution is -2.14. The van der Waals surface area contributed by atoms with Crippen LogP contribution in [0.5, 0.6) is 0 Å². The maximum Gasteiger partial charge on any atom is 0.302 e. The number of aliphatic imine (C=N–C) groups is 1. The number of hydrogen-bond acceptors (Lipinski definition) is 5. The van der Waals surface area contributed by atoms with Crippen molar-refractivity contribution in [2.75, 3.05) is 19.8 Å². The first-order chi connectivity index (χ1) is 14.5. The quantitative estimate of drug-likeness (QED) is 0.104. The molecule has 0 saturated heterocycles. The predicted octanol–water partition coefficient (Wildman–Crippen LogP) is 6.69. The largest absolute Gasteiger partial charge is 0.466 e. The number of nitrogens with zero attached hydrogens (tertiary/aromatic N) is 1. The van der Waals surface area contributed by atoms with Gasteiger partial charge in [0.25, 0.3) is 0 Å². The van der Waals surface area contributed by atoms with Crippen LogP contribution in [0.3, 0.4) is 0 Å². The summed E-state index contributed by atoms with van der Waals surface area (Å²) in [7, 11) is 0. The van der Waals surface area contributed by atoms with Crippen molar-refractivity contribution in [3.8, 4) is 0 Å². The molecule has 0 heterocycles. The zero-order valence-corrected chi connectivity index (χ0v) is 21.0. The van der Waals surface area contributed by atoms with E-state index in [0.29, 0.717) is 18.6 Å². The summed E-state index contributed by atoms with van der Waals surface area (Å²) in [4.78, 5) is 25.9. The molecule has 0 aliphatic carbocycles. The summed E-state index contributed by atoms with van der Waals surface area (Å²) in [5.41, 5.74) is 0.553. The molecular formula is C26H47NO4. The Hall–Kier alpha value is -1.65. The fraction of sp³-hybridized carbons (Fsp3) is 0.808. The van der Waals surface area contributed by atoms with Crippen molar-refractivity contribution < 1.29 is 19.1 Å². The first-order valence-corrected chi connectivity index (χ1v) is 12.0. The minimum absolute atomic E-state index is 0.195. The van der Waals surface area contributed by atoms with Crippen LogP contribution in [0, 0.1) is 10.8 Å². The molecule has 5 nitrogen and oxygen atoms in total. The first-order valence-electron chi connectivity index (χ1n) is 12.0. The third kappa shape index (κ3) is 21.4. The molecule has 0 atom stereocenters. The Labute approximate surface area is 191 Å². The average Bonchev–Trinajstić information content (AvgIpc) is 2.65. The van der Waals surface area contributed by atoms with Gasteiger partial charge in [0.15, 0.2) is 0 Å². The summed E-state index contributed by atoms with van der Waals surface area (Å²) < 4.78 is 9.87. The third-order valence-corrected chi connectivity index (χ3v) is 5.38. The number of carbonyl (C=O) groups is 2. The Bertz CT molecular complexity index is 550. The molecule has 0 unspecified atom stereocenters. The maximum atomic E-state index is 10.7. The monoisotopic (exact) mass is 437 g/mol. The molecule has 0 aliphatic heterocycles. The molecule has 0 amide bonds. The van der Waals surface area contributed by atoms with Gasteiger partial charge in [-0.05, 0) is 74.8 Å². The molecule has 0 rings (SSSR count). The Balaban J connectivity index is 3.87. The normalized spacial score (nSPS) is 12.6. The number of carbonyl (C=O) groups excluding carboxylic acids is 2. The minimum Gasteiger partial charge on any atom is -0.466 e. The number of esters is 2. The van der Waals surface area contributed by atoms with E-state index in [4.69, 9.17) is 9.47 Å². The van der Waals surface area contributed by atoms with Gasteiger partial charge >= 0.3 is 11.9 Å². The van der Waals surface area contributed by atoms with E-state index < -0.39 is 0 Å². The molecule has 180 valence electrons. The summed E-state index contributed by atoms with van der Waals surface area (Å²) in [6, 6.07) is 0. The number of hydrogen-bond donors (Lipinski definition) is 0. The molecule has 0 aromatic carbocycles. The molecule has 0 radical (unpaired) electrons. The second kappa shape index (κ2) is 17.0. The van der Waals surface area contributed by atoms with E-state index in [9.17, 15) is 9.59 Å². The van der Waals surface area contributed by atoms with Gasteiger partial charge in [0.1, 0.15) is 0 Å². The van der Waals surface area contributed by atoms with E-state index in [1.54, 1.807) is 0 Å². The highest BCUT2D eigenvalue weighted by Crippen LogP contribution is 2.32. The van der Waals surface area contributed by atoms with E-state index in [-0.39, 0.29) is 17.4 Å². The second-order valence-electron chi connectivity index (χ2n) is 9.92. The van der Waals surface area contributed by atoms with E-state index in [0.717, 1.165) is 51.5 Å². The Morgan fingerprint density at radius 1 is 0.774 bits per heavy atom. The van der Waals surface area contributed by atoms with Crippen molar-refractivity contribution in [2.24, 2.45) is 15.8 Å².